The lowest BCUT2D eigenvalue weighted by Gasteiger charge is -2.22. The smallest absolute Gasteiger partial charge is 0.0406 e. The third-order valence-electron chi connectivity index (χ3n) is 3.43. The molecule has 0 atom stereocenters. The predicted octanol–water partition coefficient (Wildman–Crippen LogP) is 2.82. The van der Waals surface area contributed by atoms with Crippen LogP contribution in [0.15, 0.2) is 24.3 Å². The van der Waals surface area contributed by atoms with Gasteiger partial charge in [0.1, 0.15) is 0 Å². The maximum atomic E-state index is 5.85. The zero-order valence-corrected chi connectivity index (χ0v) is 11.0. The van der Waals surface area contributed by atoms with Crippen LogP contribution in [0.4, 0.5) is 0 Å². The van der Waals surface area contributed by atoms with Crippen molar-refractivity contribution in [2.45, 2.75) is 25.8 Å². The number of hydrogen-bond donors (Lipinski definition) is 2. The Labute approximate surface area is 109 Å². The van der Waals surface area contributed by atoms with Gasteiger partial charge in [-0.3, -0.25) is 0 Å². The molecule has 0 spiro atoms. The van der Waals surface area contributed by atoms with Crippen LogP contribution in [-0.4, -0.2) is 19.6 Å². The Morgan fingerprint density at radius 2 is 1.88 bits per heavy atom. The van der Waals surface area contributed by atoms with Crippen LogP contribution in [0.5, 0.6) is 0 Å². The van der Waals surface area contributed by atoms with Crippen molar-refractivity contribution in [1.82, 2.24) is 10.6 Å². The summed E-state index contributed by atoms with van der Waals surface area (Å²) in [6, 6.07) is 8.07. The van der Waals surface area contributed by atoms with Gasteiger partial charge in [-0.05, 0) is 62.5 Å². The minimum absolute atomic E-state index is 0.809. The molecular formula is C14H21ClN2. The van der Waals surface area contributed by atoms with Crippen LogP contribution in [-0.2, 0) is 6.54 Å². The first-order chi connectivity index (χ1) is 8.34. The molecule has 1 aromatic rings. The molecule has 1 aromatic carbocycles. The molecule has 1 saturated heterocycles. The summed E-state index contributed by atoms with van der Waals surface area (Å²) in [5.41, 5.74) is 1.31. The molecule has 2 nitrogen and oxygen atoms in total. The van der Waals surface area contributed by atoms with Gasteiger partial charge in [-0.25, -0.2) is 0 Å². The second kappa shape index (κ2) is 7.00. The Morgan fingerprint density at radius 3 is 2.59 bits per heavy atom. The van der Waals surface area contributed by atoms with Crippen molar-refractivity contribution in [3.8, 4) is 0 Å². The van der Waals surface area contributed by atoms with Gasteiger partial charge in [0.15, 0.2) is 0 Å². The highest BCUT2D eigenvalue weighted by Crippen LogP contribution is 2.15. The van der Waals surface area contributed by atoms with Gasteiger partial charge >= 0.3 is 0 Å². The van der Waals surface area contributed by atoms with Gasteiger partial charge in [0, 0.05) is 11.6 Å². The van der Waals surface area contributed by atoms with Gasteiger partial charge in [-0.1, -0.05) is 23.7 Å². The van der Waals surface area contributed by atoms with E-state index >= 15 is 0 Å². The van der Waals surface area contributed by atoms with Crippen LogP contribution < -0.4 is 10.6 Å². The summed E-state index contributed by atoms with van der Waals surface area (Å²) < 4.78 is 0. The molecule has 1 fully saturated rings. The molecule has 0 amide bonds. The number of benzene rings is 1. The van der Waals surface area contributed by atoms with E-state index in [2.05, 4.69) is 22.8 Å². The molecular weight excluding hydrogens is 232 g/mol. The topological polar surface area (TPSA) is 24.1 Å². The Bertz CT molecular complexity index is 317. The van der Waals surface area contributed by atoms with Crippen LogP contribution in [0.1, 0.15) is 24.8 Å². The van der Waals surface area contributed by atoms with E-state index in [1.807, 2.05) is 12.1 Å². The van der Waals surface area contributed by atoms with Crippen LogP contribution in [0, 0.1) is 5.92 Å². The average molecular weight is 253 g/mol. The van der Waals surface area contributed by atoms with Gasteiger partial charge in [0.25, 0.3) is 0 Å². The third kappa shape index (κ3) is 4.66. The molecule has 0 saturated carbocycles. The first-order valence-corrected chi connectivity index (χ1v) is 6.88. The molecule has 0 aromatic heterocycles. The van der Waals surface area contributed by atoms with E-state index in [0.717, 1.165) is 24.0 Å². The first kappa shape index (κ1) is 12.9. The lowest BCUT2D eigenvalue weighted by molar-refractivity contribution is 0.348. The average Bonchev–Trinajstić information content (AvgIpc) is 2.38. The van der Waals surface area contributed by atoms with E-state index in [1.165, 1.54) is 37.9 Å². The fourth-order valence-electron chi connectivity index (χ4n) is 2.31. The molecule has 2 rings (SSSR count). The highest BCUT2D eigenvalue weighted by atomic mass is 35.5. The Kier molecular flexibility index (Phi) is 5.30. The maximum absolute atomic E-state index is 5.85. The molecule has 0 aliphatic carbocycles. The summed E-state index contributed by atoms with van der Waals surface area (Å²) in [5.74, 6) is 0.911. The van der Waals surface area contributed by atoms with E-state index in [-0.39, 0.29) is 0 Å². The van der Waals surface area contributed by atoms with Crippen molar-refractivity contribution < 1.29 is 0 Å². The van der Waals surface area contributed by atoms with Crippen LogP contribution in [0.3, 0.4) is 0 Å². The summed E-state index contributed by atoms with van der Waals surface area (Å²) >= 11 is 5.85. The summed E-state index contributed by atoms with van der Waals surface area (Å²) in [4.78, 5) is 0. The lowest BCUT2D eigenvalue weighted by Crippen LogP contribution is -2.29. The minimum atomic E-state index is 0.809. The van der Waals surface area contributed by atoms with Crippen molar-refractivity contribution in [2.24, 2.45) is 5.92 Å². The standard InChI is InChI=1S/C14H21ClN2/c15-14-3-1-13(2-4-14)11-17-10-7-12-5-8-16-9-6-12/h1-4,12,16-17H,5-11H2. The van der Waals surface area contributed by atoms with Gasteiger partial charge in [0.05, 0.1) is 0 Å². The SMILES string of the molecule is Clc1ccc(CNCCC2CCNCC2)cc1. The van der Waals surface area contributed by atoms with E-state index in [9.17, 15) is 0 Å². The van der Waals surface area contributed by atoms with E-state index < -0.39 is 0 Å². The fraction of sp³-hybridized carbons (Fsp3) is 0.571. The highest BCUT2D eigenvalue weighted by molar-refractivity contribution is 6.30. The molecule has 1 aliphatic heterocycles. The summed E-state index contributed by atoms with van der Waals surface area (Å²) in [6.45, 7) is 4.46. The van der Waals surface area contributed by atoms with Crippen molar-refractivity contribution >= 4 is 11.6 Å². The van der Waals surface area contributed by atoms with Gasteiger partial charge in [-0.2, -0.15) is 0 Å². The Hall–Kier alpha value is -0.570. The van der Waals surface area contributed by atoms with E-state index in [0.29, 0.717) is 0 Å². The number of hydrogen-bond acceptors (Lipinski definition) is 2. The fourth-order valence-corrected chi connectivity index (χ4v) is 2.44. The molecule has 0 unspecified atom stereocenters. The quantitative estimate of drug-likeness (QED) is 0.788. The Morgan fingerprint density at radius 1 is 1.18 bits per heavy atom. The summed E-state index contributed by atoms with van der Waals surface area (Å²) in [7, 11) is 0. The zero-order valence-electron chi connectivity index (χ0n) is 10.2. The van der Waals surface area contributed by atoms with Crippen molar-refractivity contribution in [1.29, 1.82) is 0 Å². The summed E-state index contributed by atoms with van der Waals surface area (Å²) in [6.07, 6.45) is 3.97. The highest BCUT2D eigenvalue weighted by Gasteiger charge is 2.11. The van der Waals surface area contributed by atoms with Gasteiger partial charge in [-0.15, -0.1) is 0 Å². The number of nitrogens with one attached hydrogen (secondary N) is 2. The van der Waals surface area contributed by atoms with E-state index in [4.69, 9.17) is 11.6 Å². The van der Waals surface area contributed by atoms with Crippen molar-refractivity contribution in [3.05, 3.63) is 34.9 Å². The van der Waals surface area contributed by atoms with Crippen LogP contribution >= 0.6 is 11.6 Å². The predicted molar refractivity (Wildman–Crippen MR) is 73.4 cm³/mol. The molecule has 94 valence electrons. The largest absolute Gasteiger partial charge is 0.317 e. The monoisotopic (exact) mass is 252 g/mol. The lowest BCUT2D eigenvalue weighted by atomic mass is 9.95. The third-order valence-corrected chi connectivity index (χ3v) is 3.68. The molecule has 3 heteroatoms. The second-order valence-corrected chi connectivity index (χ2v) is 5.22. The Balaban J connectivity index is 1.60. The van der Waals surface area contributed by atoms with E-state index in [1.54, 1.807) is 0 Å². The normalized spacial score (nSPS) is 17.2. The number of rotatable bonds is 5. The number of piperidine rings is 1. The van der Waals surface area contributed by atoms with Crippen molar-refractivity contribution in [2.75, 3.05) is 19.6 Å². The second-order valence-electron chi connectivity index (χ2n) is 4.79. The van der Waals surface area contributed by atoms with Gasteiger partial charge < -0.3 is 10.6 Å². The molecule has 0 bridgehead atoms. The maximum Gasteiger partial charge on any atom is 0.0406 e. The van der Waals surface area contributed by atoms with Crippen LogP contribution in [0.25, 0.3) is 0 Å². The molecule has 1 aliphatic rings. The first-order valence-electron chi connectivity index (χ1n) is 6.50. The number of halogens is 1. The summed E-state index contributed by atoms with van der Waals surface area (Å²) in [5, 5.41) is 7.72. The van der Waals surface area contributed by atoms with Crippen molar-refractivity contribution in [3.63, 3.8) is 0 Å². The van der Waals surface area contributed by atoms with Gasteiger partial charge in [0.2, 0.25) is 0 Å². The molecule has 17 heavy (non-hydrogen) atoms. The zero-order chi connectivity index (χ0) is 11.9. The minimum Gasteiger partial charge on any atom is -0.317 e. The molecule has 0 radical (unpaired) electrons. The molecule has 2 N–H and O–H groups in total. The molecule has 1 heterocycles. The van der Waals surface area contributed by atoms with Crippen LogP contribution in [0.2, 0.25) is 5.02 Å².